The van der Waals surface area contributed by atoms with Crippen LogP contribution in [0, 0.1) is 5.92 Å². The molecule has 0 aliphatic carbocycles. The first-order valence-electron chi connectivity index (χ1n) is 7.63. The standard InChI is InChI=1S/C15H33N3/c1-13(2)18(5)10-6-9-16-14(3)15-7-11-17(4)12-8-15/h13-16H,6-12H2,1-5H3. The fraction of sp³-hybridized carbons (Fsp3) is 1.00. The van der Waals surface area contributed by atoms with Gasteiger partial charge in [0.2, 0.25) is 0 Å². The second-order valence-corrected chi connectivity index (χ2v) is 6.31. The van der Waals surface area contributed by atoms with Gasteiger partial charge in [0, 0.05) is 12.1 Å². The quantitative estimate of drug-likeness (QED) is 0.702. The molecule has 0 amide bonds. The summed E-state index contributed by atoms with van der Waals surface area (Å²) < 4.78 is 0. The number of rotatable bonds is 7. The van der Waals surface area contributed by atoms with Crippen LogP contribution in [-0.4, -0.2) is 62.2 Å². The molecule has 18 heavy (non-hydrogen) atoms. The number of likely N-dealkylation sites (tertiary alicyclic amines) is 1. The summed E-state index contributed by atoms with van der Waals surface area (Å²) >= 11 is 0. The van der Waals surface area contributed by atoms with Crippen LogP contribution in [0.5, 0.6) is 0 Å². The number of hydrogen-bond acceptors (Lipinski definition) is 3. The molecule has 0 aromatic carbocycles. The lowest BCUT2D eigenvalue weighted by atomic mass is 9.90. The zero-order chi connectivity index (χ0) is 13.5. The molecule has 0 bridgehead atoms. The van der Waals surface area contributed by atoms with Gasteiger partial charge in [-0.3, -0.25) is 0 Å². The van der Waals surface area contributed by atoms with Crippen LogP contribution in [0.25, 0.3) is 0 Å². The third kappa shape index (κ3) is 5.68. The van der Waals surface area contributed by atoms with Crippen LogP contribution in [0.2, 0.25) is 0 Å². The van der Waals surface area contributed by atoms with Gasteiger partial charge >= 0.3 is 0 Å². The van der Waals surface area contributed by atoms with E-state index in [9.17, 15) is 0 Å². The lowest BCUT2D eigenvalue weighted by Crippen LogP contribution is -2.41. The summed E-state index contributed by atoms with van der Waals surface area (Å²) in [6.07, 6.45) is 3.97. The Labute approximate surface area is 114 Å². The topological polar surface area (TPSA) is 18.5 Å². The molecule has 0 spiro atoms. The zero-order valence-electron chi connectivity index (χ0n) is 13.1. The molecule has 3 heteroatoms. The van der Waals surface area contributed by atoms with Gasteiger partial charge in [0.1, 0.15) is 0 Å². The third-order valence-corrected chi connectivity index (χ3v) is 4.51. The molecule has 1 saturated heterocycles. The van der Waals surface area contributed by atoms with E-state index >= 15 is 0 Å². The lowest BCUT2D eigenvalue weighted by molar-refractivity contribution is 0.188. The van der Waals surface area contributed by atoms with E-state index in [1.165, 1.54) is 38.9 Å². The smallest absolute Gasteiger partial charge is 0.00679 e. The van der Waals surface area contributed by atoms with Gasteiger partial charge in [0.05, 0.1) is 0 Å². The Hall–Kier alpha value is -0.120. The number of nitrogens with one attached hydrogen (secondary N) is 1. The molecular weight excluding hydrogens is 222 g/mol. The molecule has 0 saturated carbocycles. The predicted octanol–water partition coefficient (Wildman–Crippen LogP) is 2.04. The Morgan fingerprint density at radius 3 is 2.39 bits per heavy atom. The summed E-state index contributed by atoms with van der Waals surface area (Å²) in [6, 6.07) is 1.35. The Balaban J connectivity index is 2.08. The highest BCUT2D eigenvalue weighted by molar-refractivity contribution is 4.78. The molecule has 1 aliphatic heterocycles. The van der Waals surface area contributed by atoms with E-state index in [4.69, 9.17) is 0 Å². The summed E-state index contributed by atoms with van der Waals surface area (Å²) in [5.74, 6) is 0.879. The molecule has 1 N–H and O–H groups in total. The minimum absolute atomic E-state index is 0.663. The monoisotopic (exact) mass is 255 g/mol. The van der Waals surface area contributed by atoms with Gasteiger partial charge in [-0.05, 0) is 86.2 Å². The van der Waals surface area contributed by atoms with E-state index in [0.717, 1.165) is 12.5 Å². The van der Waals surface area contributed by atoms with E-state index in [1.54, 1.807) is 0 Å². The van der Waals surface area contributed by atoms with Crippen molar-refractivity contribution in [3.63, 3.8) is 0 Å². The minimum Gasteiger partial charge on any atom is -0.314 e. The van der Waals surface area contributed by atoms with Crippen molar-refractivity contribution < 1.29 is 0 Å². The molecule has 1 rings (SSSR count). The molecule has 1 atom stereocenters. The molecule has 1 heterocycles. The van der Waals surface area contributed by atoms with Crippen molar-refractivity contribution in [3.05, 3.63) is 0 Å². The zero-order valence-corrected chi connectivity index (χ0v) is 13.1. The molecule has 0 radical (unpaired) electrons. The first-order chi connectivity index (χ1) is 8.50. The van der Waals surface area contributed by atoms with Gasteiger partial charge in [-0.15, -0.1) is 0 Å². The minimum atomic E-state index is 0.663. The number of nitrogens with zero attached hydrogens (tertiary/aromatic N) is 2. The highest BCUT2D eigenvalue weighted by atomic mass is 15.1. The van der Waals surface area contributed by atoms with Gasteiger partial charge in [-0.25, -0.2) is 0 Å². The van der Waals surface area contributed by atoms with Gasteiger partial charge < -0.3 is 15.1 Å². The molecule has 1 unspecified atom stereocenters. The first kappa shape index (κ1) is 15.9. The van der Waals surface area contributed by atoms with E-state index in [2.05, 4.69) is 50.0 Å². The summed E-state index contributed by atoms with van der Waals surface area (Å²) in [5.41, 5.74) is 0. The molecule has 3 nitrogen and oxygen atoms in total. The highest BCUT2D eigenvalue weighted by Crippen LogP contribution is 2.19. The molecule has 1 aliphatic rings. The molecule has 0 aromatic heterocycles. The second kappa shape index (κ2) is 8.13. The van der Waals surface area contributed by atoms with Crippen molar-refractivity contribution >= 4 is 0 Å². The maximum Gasteiger partial charge on any atom is 0.00679 e. The van der Waals surface area contributed by atoms with Crippen LogP contribution in [0.1, 0.15) is 40.0 Å². The lowest BCUT2D eigenvalue weighted by Gasteiger charge is -2.33. The molecule has 108 valence electrons. The van der Waals surface area contributed by atoms with Crippen molar-refractivity contribution in [1.29, 1.82) is 0 Å². The van der Waals surface area contributed by atoms with E-state index < -0.39 is 0 Å². The molecule has 0 aromatic rings. The van der Waals surface area contributed by atoms with Gasteiger partial charge in [0.25, 0.3) is 0 Å². The highest BCUT2D eigenvalue weighted by Gasteiger charge is 2.21. The van der Waals surface area contributed by atoms with E-state index in [1.807, 2.05) is 0 Å². The fourth-order valence-electron chi connectivity index (χ4n) is 2.61. The fourth-order valence-corrected chi connectivity index (χ4v) is 2.61. The van der Waals surface area contributed by atoms with Crippen molar-refractivity contribution in [1.82, 2.24) is 15.1 Å². The summed E-state index contributed by atoms with van der Waals surface area (Å²) in [7, 11) is 4.45. The average Bonchev–Trinajstić information content (AvgIpc) is 2.34. The SMILES string of the molecule is CC(NCCCN(C)C(C)C)C1CCN(C)CC1. The van der Waals surface area contributed by atoms with Crippen molar-refractivity contribution in [2.24, 2.45) is 5.92 Å². The van der Waals surface area contributed by atoms with Crippen molar-refractivity contribution in [2.45, 2.75) is 52.1 Å². The van der Waals surface area contributed by atoms with Crippen molar-refractivity contribution in [2.75, 3.05) is 40.3 Å². The summed E-state index contributed by atoms with van der Waals surface area (Å²) in [4.78, 5) is 4.86. The third-order valence-electron chi connectivity index (χ3n) is 4.51. The normalized spacial score (nSPS) is 20.8. The summed E-state index contributed by atoms with van der Waals surface area (Å²) in [6.45, 7) is 11.8. The van der Waals surface area contributed by atoms with Crippen LogP contribution < -0.4 is 5.32 Å². The Morgan fingerprint density at radius 1 is 1.22 bits per heavy atom. The maximum absolute atomic E-state index is 3.72. The first-order valence-corrected chi connectivity index (χ1v) is 7.63. The number of hydrogen-bond donors (Lipinski definition) is 1. The Bertz CT molecular complexity index is 210. The van der Waals surface area contributed by atoms with Crippen LogP contribution in [0.3, 0.4) is 0 Å². The molecular formula is C15H33N3. The van der Waals surface area contributed by atoms with Crippen LogP contribution in [0.15, 0.2) is 0 Å². The van der Waals surface area contributed by atoms with Crippen LogP contribution in [0.4, 0.5) is 0 Å². The Kier molecular flexibility index (Phi) is 7.20. The maximum atomic E-state index is 3.72. The molecule has 1 fully saturated rings. The van der Waals surface area contributed by atoms with E-state index in [-0.39, 0.29) is 0 Å². The van der Waals surface area contributed by atoms with Gasteiger partial charge in [-0.1, -0.05) is 0 Å². The van der Waals surface area contributed by atoms with Crippen LogP contribution in [-0.2, 0) is 0 Å². The van der Waals surface area contributed by atoms with E-state index in [0.29, 0.717) is 12.1 Å². The van der Waals surface area contributed by atoms with Crippen LogP contribution >= 0.6 is 0 Å². The van der Waals surface area contributed by atoms with Gasteiger partial charge in [0.15, 0.2) is 0 Å². The Morgan fingerprint density at radius 2 is 1.83 bits per heavy atom. The predicted molar refractivity (Wildman–Crippen MR) is 80.1 cm³/mol. The number of piperidine rings is 1. The second-order valence-electron chi connectivity index (χ2n) is 6.31. The van der Waals surface area contributed by atoms with Gasteiger partial charge in [-0.2, -0.15) is 0 Å². The largest absolute Gasteiger partial charge is 0.314 e. The average molecular weight is 255 g/mol. The van der Waals surface area contributed by atoms with Crippen molar-refractivity contribution in [3.8, 4) is 0 Å². The summed E-state index contributed by atoms with van der Waals surface area (Å²) in [5, 5.41) is 3.72.